The van der Waals surface area contributed by atoms with Gasteiger partial charge in [0.05, 0.1) is 23.9 Å². The van der Waals surface area contributed by atoms with Gasteiger partial charge in [-0.1, -0.05) is 18.7 Å². The first-order valence-electron chi connectivity index (χ1n) is 9.53. The van der Waals surface area contributed by atoms with Crippen molar-refractivity contribution in [1.29, 1.82) is 0 Å². The molecule has 0 bridgehead atoms. The highest BCUT2D eigenvalue weighted by atomic mass is 32.2. The second-order valence-corrected chi connectivity index (χ2v) is 9.17. The van der Waals surface area contributed by atoms with Crippen LogP contribution >= 0.6 is 23.1 Å². The second-order valence-electron chi connectivity index (χ2n) is 7.14. The SMILES string of the molecule is CCNC(=O)CSc1nc2sc3c(c2c(=O)n1Cc1ccco1)CCC(C)C3. The molecular formula is C20H23N3O3S2. The van der Waals surface area contributed by atoms with Crippen molar-refractivity contribution in [2.24, 2.45) is 5.92 Å². The van der Waals surface area contributed by atoms with Crippen molar-refractivity contribution in [2.45, 2.75) is 44.8 Å². The summed E-state index contributed by atoms with van der Waals surface area (Å²) >= 11 is 2.93. The minimum atomic E-state index is -0.0642. The topological polar surface area (TPSA) is 77.1 Å². The molecule has 1 amide bonds. The fourth-order valence-electron chi connectivity index (χ4n) is 3.59. The molecule has 3 heterocycles. The van der Waals surface area contributed by atoms with Crippen molar-refractivity contribution in [1.82, 2.24) is 14.9 Å². The molecule has 6 nitrogen and oxygen atoms in total. The van der Waals surface area contributed by atoms with Crippen LogP contribution < -0.4 is 10.9 Å². The number of hydrogen-bond acceptors (Lipinski definition) is 6. The molecule has 4 rings (SSSR count). The Balaban J connectivity index is 1.79. The van der Waals surface area contributed by atoms with Crippen molar-refractivity contribution in [2.75, 3.05) is 12.3 Å². The summed E-state index contributed by atoms with van der Waals surface area (Å²) < 4.78 is 7.11. The molecule has 0 fully saturated rings. The fraction of sp³-hybridized carbons (Fsp3) is 0.450. The number of thioether (sulfide) groups is 1. The van der Waals surface area contributed by atoms with Crippen LogP contribution in [0.15, 0.2) is 32.8 Å². The van der Waals surface area contributed by atoms with E-state index < -0.39 is 0 Å². The number of nitrogens with zero attached hydrogens (tertiary/aromatic N) is 2. The fourth-order valence-corrected chi connectivity index (χ4v) is 5.84. The molecule has 0 aliphatic heterocycles. The molecule has 0 spiro atoms. The highest BCUT2D eigenvalue weighted by Crippen LogP contribution is 2.36. The lowest BCUT2D eigenvalue weighted by molar-refractivity contribution is -0.118. The van der Waals surface area contributed by atoms with E-state index in [1.54, 1.807) is 22.2 Å². The maximum Gasteiger partial charge on any atom is 0.263 e. The molecule has 0 aromatic carbocycles. The maximum atomic E-state index is 13.4. The van der Waals surface area contributed by atoms with Crippen LogP contribution in [0.25, 0.3) is 10.2 Å². The number of rotatable bonds is 6. The summed E-state index contributed by atoms with van der Waals surface area (Å²) in [6.45, 7) is 5.04. The van der Waals surface area contributed by atoms with Crippen molar-refractivity contribution in [3.63, 3.8) is 0 Å². The Bertz CT molecular complexity index is 1050. The molecule has 8 heteroatoms. The number of fused-ring (bicyclic) bond motifs is 3. The van der Waals surface area contributed by atoms with Crippen LogP contribution in [-0.2, 0) is 24.2 Å². The third-order valence-electron chi connectivity index (χ3n) is 4.98. The quantitative estimate of drug-likeness (QED) is 0.491. The van der Waals surface area contributed by atoms with E-state index in [1.807, 2.05) is 19.1 Å². The molecule has 3 aromatic heterocycles. The van der Waals surface area contributed by atoms with Crippen molar-refractivity contribution in [3.05, 3.63) is 45.0 Å². The lowest BCUT2D eigenvalue weighted by atomic mass is 9.89. The number of thiophene rings is 1. The summed E-state index contributed by atoms with van der Waals surface area (Å²) in [4.78, 5) is 32.2. The predicted molar refractivity (Wildman–Crippen MR) is 112 cm³/mol. The minimum absolute atomic E-state index is 0.0353. The summed E-state index contributed by atoms with van der Waals surface area (Å²) in [5.41, 5.74) is 1.14. The Morgan fingerprint density at radius 1 is 1.50 bits per heavy atom. The zero-order valence-electron chi connectivity index (χ0n) is 16.0. The summed E-state index contributed by atoms with van der Waals surface area (Å²) in [6.07, 6.45) is 4.64. The number of nitrogens with one attached hydrogen (secondary N) is 1. The Kier molecular flexibility index (Phi) is 5.59. The first-order valence-corrected chi connectivity index (χ1v) is 11.3. The third-order valence-corrected chi connectivity index (χ3v) is 7.11. The Morgan fingerprint density at radius 3 is 3.11 bits per heavy atom. The summed E-state index contributed by atoms with van der Waals surface area (Å²) in [7, 11) is 0. The molecule has 1 atom stereocenters. The first-order chi connectivity index (χ1) is 13.6. The number of hydrogen-bond donors (Lipinski definition) is 1. The zero-order valence-corrected chi connectivity index (χ0v) is 17.6. The summed E-state index contributed by atoms with van der Waals surface area (Å²) in [6, 6.07) is 3.65. The number of carbonyl (C=O) groups excluding carboxylic acids is 1. The maximum absolute atomic E-state index is 13.4. The van der Waals surface area contributed by atoms with Crippen LogP contribution in [0.5, 0.6) is 0 Å². The zero-order chi connectivity index (χ0) is 19.7. The molecule has 3 aromatic rings. The van der Waals surface area contributed by atoms with Gasteiger partial charge in [-0.15, -0.1) is 11.3 Å². The van der Waals surface area contributed by atoms with Gasteiger partial charge in [0, 0.05) is 11.4 Å². The van der Waals surface area contributed by atoms with Crippen molar-refractivity contribution >= 4 is 39.2 Å². The van der Waals surface area contributed by atoms with Gasteiger partial charge in [0.15, 0.2) is 5.16 Å². The van der Waals surface area contributed by atoms with E-state index in [0.29, 0.717) is 29.9 Å². The van der Waals surface area contributed by atoms with Crippen molar-refractivity contribution in [3.8, 4) is 0 Å². The second kappa shape index (κ2) is 8.13. The average molecular weight is 418 g/mol. The molecule has 0 saturated carbocycles. The molecule has 1 unspecified atom stereocenters. The molecule has 0 saturated heterocycles. The van der Waals surface area contributed by atoms with Gasteiger partial charge in [-0.25, -0.2) is 4.98 Å². The van der Waals surface area contributed by atoms with Gasteiger partial charge >= 0.3 is 0 Å². The van der Waals surface area contributed by atoms with E-state index >= 15 is 0 Å². The van der Waals surface area contributed by atoms with Gasteiger partial charge in [0.1, 0.15) is 10.6 Å². The van der Waals surface area contributed by atoms with E-state index in [-0.39, 0.29) is 17.2 Å². The van der Waals surface area contributed by atoms with Crippen LogP contribution in [-0.4, -0.2) is 27.8 Å². The van der Waals surface area contributed by atoms with Gasteiger partial charge < -0.3 is 9.73 Å². The van der Waals surface area contributed by atoms with Crippen LogP contribution in [0, 0.1) is 5.92 Å². The van der Waals surface area contributed by atoms with Crippen LogP contribution in [0.1, 0.15) is 36.5 Å². The van der Waals surface area contributed by atoms with E-state index in [2.05, 4.69) is 12.2 Å². The summed E-state index contributed by atoms with van der Waals surface area (Å²) in [5.74, 6) is 1.50. The average Bonchev–Trinajstić information content (AvgIpc) is 3.29. The number of aromatic nitrogens is 2. The number of aryl methyl sites for hydroxylation is 1. The van der Waals surface area contributed by atoms with Gasteiger partial charge in [0.2, 0.25) is 5.91 Å². The first kappa shape index (κ1) is 19.3. The van der Waals surface area contributed by atoms with Crippen LogP contribution in [0.4, 0.5) is 0 Å². The number of carbonyl (C=O) groups is 1. The monoisotopic (exact) mass is 417 g/mol. The molecule has 28 heavy (non-hydrogen) atoms. The van der Waals surface area contributed by atoms with E-state index in [9.17, 15) is 9.59 Å². The van der Waals surface area contributed by atoms with Crippen LogP contribution in [0.3, 0.4) is 0 Å². The van der Waals surface area contributed by atoms with E-state index in [4.69, 9.17) is 9.40 Å². The Morgan fingerprint density at radius 2 is 2.36 bits per heavy atom. The number of amides is 1. The van der Waals surface area contributed by atoms with E-state index in [1.165, 1.54) is 22.2 Å². The third kappa shape index (κ3) is 3.75. The summed E-state index contributed by atoms with van der Waals surface area (Å²) in [5, 5.41) is 4.10. The lowest BCUT2D eigenvalue weighted by Crippen LogP contribution is -2.27. The molecular weight excluding hydrogens is 394 g/mol. The standard InChI is InChI=1S/C20H23N3O3S2/c1-3-21-16(24)11-27-20-22-18-17(14-7-6-12(2)9-15(14)28-18)19(25)23(20)10-13-5-4-8-26-13/h4-5,8,12H,3,6-7,9-11H2,1-2H3,(H,21,24). The molecule has 0 radical (unpaired) electrons. The Labute approximate surface area is 171 Å². The highest BCUT2D eigenvalue weighted by Gasteiger charge is 2.25. The molecule has 148 valence electrons. The molecule has 1 aliphatic rings. The lowest BCUT2D eigenvalue weighted by Gasteiger charge is -2.17. The predicted octanol–water partition coefficient (Wildman–Crippen LogP) is 3.45. The molecule has 1 N–H and O–H groups in total. The normalized spacial score (nSPS) is 16.3. The van der Waals surface area contributed by atoms with Crippen LogP contribution in [0.2, 0.25) is 0 Å². The minimum Gasteiger partial charge on any atom is -0.467 e. The number of furan rings is 1. The van der Waals surface area contributed by atoms with Gasteiger partial charge in [-0.2, -0.15) is 0 Å². The van der Waals surface area contributed by atoms with Gasteiger partial charge in [-0.3, -0.25) is 14.2 Å². The smallest absolute Gasteiger partial charge is 0.263 e. The van der Waals surface area contributed by atoms with Gasteiger partial charge in [0.25, 0.3) is 5.56 Å². The Hall–Kier alpha value is -2.06. The largest absolute Gasteiger partial charge is 0.467 e. The van der Waals surface area contributed by atoms with Crippen molar-refractivity contribution < 1.29 is 9.21 Å². The molecule has 1 aliphatic carbocycles. The van der Waals surface area contributed by atoms with E-state index in [0.717, 1.165) is 29.5 Å². The van der Waals surface area contributed by atoms with Gasteiger partial charge in [-0.05, 0) is 49.8 Å². The highest BCUT2D eigenvalue weighted by molar-refractivity contribution is 7.99.